The highest BCUT2D eigenvalue weighted by Gasteiger charge is 2.28. The Kier molecular flexibility index (Phi) is 5.59. The molecule has 0 saturated carbocycles. The first kappa shape index (κ1) is 20.8. The van der Waals surface area contributed by atoms with Crippen molar-refractivity contribution >= 4 is 23.3 Å². The third kappa shape index (κ3) is 5.00. The summed E-state index contributed by atoms with van der Waals surface area (Å²) >= 11 is 0. The van der Waals surface area contributed by atoms with E-state index in [1.54, 1.807) is 43.8 Å². The summed E-state index contributed by atoms with van der Waals surface area (Å²) in [6, 6.07) is 7.48. The van der Waals surface area contributed by atoms with Crippen LogP contribution < -0.4 is 10.1 Å². The molecule has 1 aliphatic heterocycles. The largest absolute Gasteiger partial charge is 0.528 e. The molecular formula is C20H25N7O4. The molecule has 0 radical (unpaired) electrons. The molecule has 11 nitrogen and oxygen atoms in total. The zero-order valence-corrected chi connectivity index (χ0v) is 17.9. The van der Waals surface area contributed by atoms with Crippen LogP contribution in [-0.4, -0.2) is 68.0 Å². The summed E-state index contributed by atoms with van der Waals surface area (Å²) in [7, 11) is 1.62. The highest BCUT2D eigenvalue weighted by atomic mass is 16.8. The number of anilines is 1. The van der Waals surface area contributed by atoms with E-state index in [4.69, 9.17) is 14.3 Å². The van der Waals surface area contributed by atoms with Crippen molar-refractivity contribution in [3.05, 3.63) is 30.5 Å². The molecule has 1 atom stereocenters. The number of hydrogen-bond acceptors (Lipinski definition) is 10. The number of carbonyl (C=O) groups excluding carboxylic acids is 1. The smallest absolute Gasteiger partial charge is 0.497 e. The summed E-state index contributed by atoms with van der Waals surface area (Å²) < 4.78 is 12.0. The minimum atomic E-state index is -0.708. The van der Waals surface area contributed by atoms with Crippen molar-refractivity contribution in [1.29, 1.82) is 0 Å². The molecule has 1 N–H and O–H groups in total. The molecule has 0 unspecified atom stereocenters. The molecule has 2 aromatic heterocycles. The van der Waals surface area contributed by atoms with E-state index in [9.17, 15) is 4.79 Å². The Hall–Kier alpha value is -3.47. The number of nitrogens with zero attached hydrogens (tertiary/aromatic N) is 6. The van der Waals surface area contributed by atoms with Crippen LogP contribution in [0.1, 0.15) is 27.2 Å². The second-order valence-corrected chi connectivity index (χ2v) is 8.18. The zero-order chi connectivity index (χ0) is 22.0. The van der Waals surface area contributed by atoms with Gasteiger partial charge in [0.05, 0.1) is 25.5 Å². The number of fused-ring (bicyclic) bond motifs is 1. The normalized spacial score (nSPS) is 17.0. The first-order valence-corrected chi connectivity index (χ1v) is 9.96. The van der Waals surface area contributed by atoms with Crippen LogP contribution in [-0.2, 0) is 9.57 Å². The molecule has 31 heavy (non-hydrogen) atoms. The number of benzene rings is 1. The van der Waals surface area contributed by atoms with E-state index in [-0.39, 0.29) is 6.04 Å². The Balaban J connectivity index is 1.43. The van der Waals surface area contributed by atoms with Crippen LogP contribution >= 0.6 is 0 Å². The third-order valence-electron chi connectivity index (χ3n) is 4.59. The highest BCUT2D eigenvalue weighted by Crippen LogP contribution is 2.20. The van der Waals surface area contributed by atoms with Crippen molar-refractivity contribution in [3.8, 4) is 11.4 Å². The predicted molar refractivity (Wildman–Crippen MR) is 112 cm³/mol. The van der Waals surface area contributed by atoms with Crippen LogP contribution in [0.5, 0.6) is 5.75 Å². The fourth-order valence-corrected chi connectivity index (χ4v) is 3.18. The van der Waals surface area contributed by atoms with Gasteiger partial charge in [0, 0.05) is 12.6 Å². The Morgan fingerprint density at radius 1 is 1.23 bits per heavy atom. The number of hydrogen-bond donors (Lipinski definition) is 1. The van der Waals surface area contributed by atoms with Crippen LogP contribution in [0.4, 0.5) is 10.7 Å². The van der Waals surface area contributed by atoms with Crippen molar-refractivity contribution in [3.63, 3.8) is 0 Å². The quantitative estimate of drug-likeness (QED) is 0.609. The molecule has 1 aromatic carbocycles. The van der Waals surface area contributed by atoms with E-state index in [0.29, 0.717) is 30.2 Å². The van der Waals surface area contributed by atoms with Crippen LogP contribution in [0.2, 0.25) is 0 Å². The molecule has 11 heteroatoms. The minimum absolute atomic E-state index is 0.0187. The molecule has 3 aromatic rings. The molecule has 4 rings (SSSR count). The maximum absolute atomic E-state index is 11.9. The first-order chi connectivity index (χ1) is 14.8. The molecule has 3 heterocycles. The van der Waals surface area contributed by atoms with Gasteiger partial charge in [0.25, 0.3) is 0 Å². The lowest BCUT2D eigenvalue weighted by Gasteiger charge is -2.21. The van der Waals surface area contributed by atoms with Crippen LogP contribution in [0.15, 0.2) is 30.5 Å². The predicted octanol–water partition coefficient (Wildman–Crippen LogP) is 2.57. The average molecular weight is 427 g/mol. The molecular weight excluding hydrogens is 402 g/mol. The van der Waals surface area contributed by atoms with Gasteiger partial charge >= 0.3 is 6.16 Å². The van der Waals surface area contributed by atoms with E-state index in [0.717, 1.165) is 17.9 Å². The molecule has 0 aliphatic carbocycles. The topological polar surface area (TPSA) is 117 Å². The summed E-state index contributed by atoms with van der Waals surface area (Å²) in [6.45, 7) is 6.46. The molecule has 0 amide bonds. The van der Waals surface area contributed by atoms with Crippen molar-refractivity contribution in [2.45, 2.75) is 38.8 Å². The summed E-state index contributed by atoms with van der Waals surface area (Å²) in [6.07, 6.45) is 1.68. The number of aromatic nitrogens is 5. The third-order valence-corrected chi connectivity index (χ3v) is 4.59. The van der Waals surface area contributed by atoms with Gasteiger partial charge in [0.15, 0.2) is 11.2 Å². The lowest BCUT2D eigenvalue weighted by Crippen LogP contribution is -2.32. The van der Waals surface area contributed by atoms with Crippen molar-refractivity contribution in [1.82, 2.24) is 30.0 Å². The Labute approximate surface area is 179 Å². The fraction of sp³-hybridized carbons (Fsp3) is 0.450. The van der Waals surface area contributed by atoms with E-state index in [2.05, 4.69) is 25.6 Å². The van der Waals surface area contributed by atoms with Gasteiger partial charge in [0.1, 0.15) is 11.4 Å². The van der Waals surface area contributed by atoms with Gasteiger partial charge in [-0.3, -0.25) is 0 Å². The SMILES string of the molecule is COc1ccc(-n2nnc3cnc(N[C@@H]4CCN(OC(=O)OC(C)(C)C)C4)nc32)cc1. The number of rotatable bonds is 5. The fourth-order valence-electron chi connectivity index (χ4n) is 3.18. The Morgan fingerprint density at radius 3 is 2.71 bits per heavy atom. The van der Waals surface area contributed by atoms with Gasteiger partial charge < -0.3 is 19.6 Å². The van der Waals surface area contributed by atoms with E-state index in [1.165, 1.54) is 0 Å². The molecule has 1 fully saturated rings. The summed E-state index contributed by atoms with van der Waals surface area (Å²) in [5, 5.41) is 13.2. The van der Waals surface area contributed by atoms with Gasteiger partial charge in [-0.05, 0) is 51.5 Å². The van der Waals surface area contributed by atoms with E-state index < -0.39 is 11.8 Å². The van der Waals surface area contributed by atoms with Crippen molar-refractivity contribution in [2.75, 3.05) is 25.5 Å². The van der Waals surface area contributed by atoms with Crippen LogP contribution in [0.3, 0.4) is 0 Å². The zero-order valence-electron chi connectivity index (χ0n) is 17.9. The van der Waals surface area contributed by atoms with Crippen LogP contribution in [0, 0.1) is 0 Å². The van der Waals surface area contributed by atoms with Crippen molar-refractivity contribution < 1.29 is 19.1 Å². The molecule has 1 aliphatic rings. The van der Waals surface area contributed by atoms with E-state index in [1.807, 2.05) is 24.3 Å². The van der Waals surface area contributed by atoms with Gasteiger partial charge in [-0.15, -0.1) is 10.2 Å². The number of ether oxygens (including phenoxy) is 2. The Bertz CT molecular complexity index is 1060. The summed E-state index contributed by atoms with van der Waals surface area (Å²) in [5.41, 5.74) is 1.38. The number of carbonyl (C=O) groups is 1. The molecule has 0 spiro atoms. The maximum Gasteiger partial charge on any atom is 0.528 e. The minimum Gasteiger partial charge on any atom is -0.497 e. The second-order valence-electron chi connectivity index (χ2n) is 8.18. The Morgan fingerprint density at radius 2 is 2.00 bits per heavy atom. The molecule has 164 valence electrons. The monoisotopic (exact) mass is 427 g/mol. The summed E-state index contributed by atoms with van der Waals surface area (Å²) in [5.74, 6) is 1.21. The van der Waals surface area contributed by atoms with Gasteiger partial charge in [-0.1, -0.05) is 5.21 Å². The number of hydroxylamine groups is 2. The van der Waals surface area contributed by atoms with Gasteiger partial charge in [-0.25, -0.2) is 9.78 Å². The average Bonchev–Trinajstić information content (AvgIpc) is 3.33. The molecule has 1 saturated heterocycles. The second kappa shape index (κ2) is 8.34. The first-order valence-electron chi connectivity index (χ1n) is 9.96. The highest BCUT2D eigenvalue weighted by molar-refractivity contribution is 5.72. The maximum atomic E-state index is 11.9. The lowest BCUT2D eigenvalue weighted by molar-refractivity contribution is -0.130. The standard InChI is InChI=1S/C20H25N7O4/c1-20(2,3)30-19(28)31-26-10-9-13(12-26)22-18-21-11-16-17(23-18)27(25-24-16)14-5-7-15(29-4)8-6-14/h5-8,11,13H,9-10,12H2,1-4H3,(H,21,22,23)/t13-/m1/s1. The van der Waals surface area contributed by atoms with Crippen LogP contribution in [0.25, 0.3) is 16.9 Å². The number of nitrogens with one attached hydrogen (secondary N) is 1. The lowest BCUT2D eigenvalue weighted by atomic mass is 10.2. The molecule has 0 bridgehead atoms. The van der Waals surface area contributed by atoms with Crippen molar-refractivity contribution in [2.24, 2.45) is 0 Å². The van der Waals surface area contributed by atoms with E-state index >= 15 is 0 Å². The number of methoxy groups -OCH3 is 1. The summed E-state index contributed by atoms with van der Waals surface area (Å²) in [4.78, 5) is 26.0. The van der Waals surface area contributed by atoms with Gasteiger partial charge in [-0.2, -0.15) is 9.67 Å². The van der Waals surface area contributed by atoms with Gasteiger partial charge in [0.2, 0.25) is 5.95 Å².